The van der Waals surface area contributed by atoms with Crippen LogP contribution in [0.2, 0.25) is 0 Å². The third-order valence-electron chi connectivity index (χ3n) is 6.27. The first-order valence-electron chi connectivity index (χ1n) is 11.7. The van der Waals surface area contributed by atoms with E-state index in [1.54, 1.807) is 13.0 Å². The molecule has 0 bridgehead atoms. The van der Waals surface area contributed by atoms with Gasteiger partial charge in [0.15, 0.2) is 10.7 Å². The highest BCUT2D eigenvalue weighted by Crippen LogP contribution is 2.29. The highest BCUT2D eigenvalue weighted by atomic mass is 32.2. The normalized spacial score (nSPS) is 17.2. The number of furan rings is 1. The molecule has 1 aliphatic rings. The highest BCUT2D eigenvalue weighted by Gasteiger charge is 2.36. The molecular weight excluding hydrogens is 466 g/mol. The van der Waals surface area contributed by atoms with E-state index in [0.29, 0.717) is 30.8 Å². The second kappa shape index (κ2) is 10.2. The molecule has 0 saturated carbocycles. The molecule has 0 spiro atoms. The number of rotatable bonds is 7. The molecule has 1 aromatic carbocycles. The zero-order valence-corrected chi connectivity index (χ0v) is 21.3. The van der Waals surface area contributed by atoms with E-state index in [9.17, 15) is 13.2 Å². The lowest BCUT2D eigenvalue weighted by Gasteiger charge is -2.31. The Morgan fingerprint density at radius 1 is 1.17 bits per heavy atom. The molecule has 1 atom stereocenters. The summed E-state index contributed by atoms with van der Waals surface area (Å²) in [5.74, 6) is 0.995. The molecule has 1 fully saturated rings. The van der Waals surface area contributed by atoms with E-state index in [1.165, 1.54) is 4.31 Å². The van der Waals surface area contributed by atoms with Gasteiger partial charge in [-0.2, -0.15) is 4.31 Å². The van der Waals surface area contributed by atoms with Gasteiger partial charge in [-0.15, -0.1) is 0 Å². The molecule has 9 heteroatoms. The molecular formula is C26H31N3O5S. The number of hydrogen-bond acceptors (Lipinski definition) is 6. The molecule has 3 aromatic rings. The zero-order chi connectivity index (χ0) is 25.2. The molecule has 35 heavy (non-hydrogen) atoms. The van der Waals surface area contributed by atoms with E-state index < -0.39 is 15.9 Å². The Labute approximate surface area is 206 Å². The predicted octanol–water partition coefficient (Wildman–Crippen LogP) is 4.39. The van der Waals surface area contributed by atoms with Crippen molar-refractivity contribution in [3.63, 3.8) is 0 Å². The molecule has 3 heterocycles. The summed E-state index contributed by atoms with van der Waals surface area (Å²) in [4.78, 5) is 12.8. The van der Waals surface area contributed by atoms with Crippen LogP contribution in [0.5, 0.6) is 0 Å². The van der Waals surface area contributed by atoms with E-state index >= 15 is 0 Å². The van der Waals surface area contributed by atoms with Crippen molar-refractivity contribution in [3.05, 3.63) is 70.0 Å². The van der Waals surface area contributed by atoms with E-state index in [-0.39, 0.29) is 29.7 Å². The maximum Gasteiger partial charge on any atom is 0.248 e. The van der Waals surface area contributed by atoms with Gasteiger partial charge in [-0.1, -0.05) is 35.0 Å². The number of nitrogens with one attached hydrogen (secondary N) is 1. The standard InChI is InChI=1S/C26H31N3O5S/c1-17-7-8-18(2)21(14-17)10-12-24-25(20(4)28-34-24)35(31,32)29-13-5-6-22(16-29)26(30)27-15-23-11-9-19(3)33-23/h7-12,14,22H,5-6,13,15-16H2,1-4H3,(H,27,30)/b12-10+. The molecule has 0 aliphatic carbocycles. The minimum absolute atomic E-state index is 0.0474. The van der Waals surface area contributed by atoms with Crippen molar-refractivity contribution < 1.29 is 22.2 Å². The first-order valence-corrected chi connectivity index (χ1v) is 13.1. The van der Waals surface area contributed by atoms with Crippen LogP contribution in [-0.2, 0) is 21.4 Å². The van der Waals surface area contributed by atoms with Crippen LogP contribution in [0.1, 0.15) is 52.5 Å². The number of carbonyl (C=O) groups excluding carboxylic acids is 1. The van der Waals surface area contributed by atoms with Gasteiger partial charge in [-0.05, 0) is 69.9 Å². The smallest absolute Gasteiger partial charge is 0.248 e. The van der Waals surface area contributed by atoms with Crippen molar-refractivity contribution in [1.29, 1.82) is 0 Å². The Morgan fingerprint density at radius 2 is 1.97 bits per heavy atom. The van der Waals surface area contributed by atoms with Crippen molar-refractivity contribution in [2.75, 3.05) is 13.1 Å². The summed E-state index contributed by atoms with van der Waals surface area (Å²) < 4.78 is 39.5. The minimum atomic E-state index is -3.91. The molecule has 2 aromatic heterocycles. The van der Waals surface area contributed by atoms with E-state index in [0.717, 1.165) is 22.5 Å². The van der Waals surface area contributed by atoms with Crippen LogP contribution in [0, 0.1) is 33.6 Å². The maximum atomic E-state index is 13.6. The lowest BCUT2D eigenvalue weighted by atomic mass is 9.99. The van der Waals surface area contributed by atoms with Gasteiger partial charge in [0, 0.05) is 13.1 Å². The monoisotopic (exact) mass is 497 g/mol. The molecule has 1 amide bonds. The van der Waals surface area contributed by atoms with Crippen LogP contribution in [-0.4, -0.2) is 36.9 Å². The van der Waals surface area contributed by atoms with Gasteiger partial charge in [0.1, 0.15) is 17.2 Å². The number of sulfonamides is 1. The number of carbonyl (C=O) groups is 1. The molecule has 186 valence electrons. The Kier molecular flexibility index (Phi) is 7.28. The number of aromatic nitrogens is 1. The largest absolute Gasteiger partial charge is 0.465 e. The van der Waals surface area contributed by atoms with Gasteiger partial charge < -0.3 is 14.3 Å². The van der Waals surface area contributed by atoms with Gasteiger partial charge in [0.25, 0.3) is 0 Å². The van der Waals surface area contributed by atoms with Crippen molar-refractivity contribution in [3.8, 4) is 0 Å². The Morgan fingerprint density at radius 3 is 2.71 bits per heavy atom. The predicted molar refractivity (Wildman–Crippen MR) is 133 cm³/mol. The van der Waals surface area contributed by atoms with Crippen molar-refractivity contribution in [2.24, 2.45) is 5.92 Å². The third-order valence-corrected chi connectivity index (χ3v) is 8.29. The maximum absolute atomic E-state index is 13.6. The van der Waals surface area contributed by atoms with Gasteiger partial charge in [-0.25, -0.2) is 8.42 Å². The number of aryl methyl sites for hydroxylation is 4. The average molecular weight is 498 g/mol. The number of amides is 1. The summed E-state index contributed by atoms with van der Waals surface area (Å²) >= 11 is 0. The number of piperidine rings is 1. The second-order valence-corrected chi connectivity index (χ2v) is 11.0. The highest BCUT2D eigenvalue weighted by molar-refractivity contribution is 7.89. The van der Waals surface area contributed by atoms with Crippen molar-refractivity contribution >= 4 is 28.1 Å². The molecule has 1 N–H and O–H groups in total. The summed E-state index contributed by atoms with van der Waals surface area (Å²) in [6.45, 7) is 8.18. The number of hydrogen-bond donors (Lipinski definition) is 1. The quantitative estimate of drug-likeness (QED) is 0.519. The summed E-state index contributed by atoms with van der Waals surface area (Å²) in [5.41, 5.74) is 3.45. The molecule has 1 aliphatic heterocycles. The van der Waals surface area contributed by atoms with E-state index in [4.69, 9.17) is 8.94 Å². The number of benzene rings is 1. The SMILES string of the molecule is Cc1ccc(C)c(/C=C/c2onc(C)c2S(=O)(=O)N2CCCC(C(=O)NCc3ccc(C)o3)C2)c1. The molecule has 0 radical (unpaired) electrons. The van der Waals surface area contributed by atoms with Crippen LogP contribution in [0.25, 0.3) is 12.2 Å². The van der Waals surface area contributed by atoms with Gasteiger partial charge in [-0.3, -0.25) is 4.79 Å². The van der Waals surface area contributed by atoms with Crippen LogP contribution in [0.15, 0.2) is 44.2 Å². The average Bonchev–Trinajstić information content (AvgIpc) is 3.43. The van der Waals surface area contributed by atoms with Crippen LogP contribution < -0.4 is 5.32 Å². The molecule has 4 rings (SSSR count). The summed E-state index contributed by atoms with van der Waals surface area (Å²) in [6.07, 6.45) is 4.70. The van der Waals surface area contributed by atoms with Gasteiger partial charge in [0.2, 0.25) is 15.9 Å². The van der Waals surface area contributed by atoms with E-state index in [1.807, 2.05) is 57.2 Å². The van der Waals surface area contributed by atoms with Crippen LogP contribution in [0.4, 0.5) is 0 Å². The zero-order valence-electron chi connectivity index (χ0n) is 20.5. The first kappa shape index (κ1) is 24.9. The van der Waals surface area contributed by atoms with Gasteiger partial charge >= 0.3 is 0 Å². The minimum Gasteiger partial charge on any atom is -0.465 e. The third kappa shape index (κ3) is 5.57. The fourth-order valence-corrected chi connectivity index (χ4v) is 6.08. The first-order chi connectivity index (χ1) is 16.6. The fraction of sp³-hybridized carbons (Fsp3) is 0.385. The van der Waals surface area contributed by atoms with Crippen LogP contribution >= 0.6 is 0 Å². The lowest BCUT2D eigenvalue weighted by Crippen LogP contribution is -2.45. The second-order valence-electron chi connectivity index (χ2n) is 9.09. The number of nitrogens with zero attached hydrogens (tertiary/aromatic N) is 2. The van der Waals surface area contributed by atoms with Crippen molar-refractivity contribution in [1.82, 2.24) is 14.8 Å². The Bertz CT molecular complexity index is 1350. The lowest BCUT2D eigenvalue weighted by molar-refractivity contribution is -0.126. The van der Waals surface area contributed by atoms with Crippen LogP contribution in [0.3, 0.4) is 0 Å². The van der Waals surface area contributed by atoms with E-state index in [2.05, 4.69) is 10.5 Å². The van der Waals surface area contributed by atoms with Crippen molar-refractivity contribution in [2.45, 2.75) is 52.0 Å². The van der Waals surface area contributed by atoms with Gasteiger partial charge in [0.05, 0.1) is 12.5 Å². The topological polar surface area (TPSA) is 106 Å². The summed E-state index contributed by atoms with van der Waals surface area (Å²) in [6, 6.07) is 9.73. The molecule has 1 unspecified atom stereocenters. The molecule has 1 saturated heterocycles. The fourth-order valence-electron chi connectivity index (χ4n) is 4.31. The Hall–Kier alpha value is -3.17. The summed E-state index contributed by atoms with van der Waals surface area (Å²) in [7, 11) is -3.91. The summed E-state index contributed by atoms with van der Waals surface area (Å²) in [5, 5.41) is 6.79. The Balaban J connectivity index is 1.51. The molecule has 8 nitrogen and oxygen atoms in total.